The lowest BCUT2D eigenvalue weighted by molar-refractivity contribution is 0.0999. The van der Waals surface area contributed by atoms with Gasteiger partial charge in [-0.2, -0.15) is 0 Å². The van der Waals surface area contributed by atoms with E-state index < -0.39 is 23.0 Å². The summed E-state index contributed by atoms with van der Waals surface area (Å²) in [6.45, 7) is 0. The number of aromatic nitrogens is 1. The van der Waals surface area contributed by atoms with Gasteiger partial charge in [0, 0.05) is 17.6 Å². The van der Waals surface area contributed by atoms with Gasteiger partial charge in [-0.25, -0.2) is 8.78 Å². The minimum absolute atomic E-state index is 0.105. The van der Waals surface area contributed by atoms with Crippen molar-refractivity contribution in [2.24, 2.45) is 5.73 Å². The molecule has 6 heteroatoms. The molecule has 0 saturated carbocycles. The van der Waals surface area contributed by atoms with Gasteiger partial charge in [0.15, 0.2) is 11.6 Å². The zero-order valence-corrected chi connectivity index (χ0v) is 7.88. The van der Waals surface area contributed by atoms with Crippen molar-refractivity contribution in [2.75, 3.05) is 0 Å². The number of carbonyl (C=O) groups excluding carboxylic acids is 1. The van der Waals surface area contributed by atoms with Crippen LogP contribution in [-0.4, -0.2) is 10.9 Å². The predicted molar refractivity (Wildman–Crippen MR) is 53.0 cm³/mol. The first kappa shape index (κ1) is 10.3. The molecule has 16 heavy (non-hydrogen) atoms. The number of halogens is 2. The van der Waals surface area contributed by atoms with E-state index in [0.717, 1.165) is 18.3 Å². The lowest BCUT2D eigenvalue weighted by Crippen LogP contribution is -2.22. The smallest absolute Gasteiger partial charge is 0.254 e. The molecule has 0 bridgehead atoms. The van der Waals surface area contributed by atoms with Crippen LogP contribution in [-0.2, 0) is 0 Å². The van der Waals surface area contributed by atoms with Crippen molar-refractivity contribution >= 4 is 16.8 Å². The summed E-state index contributed by atoms with van der Waals surface area (Å²) in [7, 11) is 0. The fraction of sp³-hybridized carbons (Fsp3) is 0. The second-order valence-electron chi connectivity index (χ2n) is 3.21. The molecule has 82 valence electrons. The molecule has 1 aromatic heterocycles. The zero-order valence-electron chi connectivity index (χ0n) is 7.88. The van der Waals surface area contributed by atoms with Gasteiger partial charge in [-0.1, -0.05) is 0 Å². The molecule has 0 fully saturated rings. The Kier molecular flexibility index (Phi) is 2.19. The molecule has 0 aliphatic carbocycles. The number of fused-ring (bicyclic) bond motifs is 1. The number of aromatic amines is 1. The summed E-state index contributed by atoms with van der Waals surface area (Å²) in [6, 6.07) is 1.58. The van der Waals surface area contributed by atoms with E-state index in [0.29, 0.717) is 0 Å². The summed E-state index contributed by atoms with van der Waals surface area (Å²) in [5, 5.41) is -0.116. The van der Waals surface area contributed by atoms with Crippen molar-refractivity contribution < 1.29 is 13.6 Å². The summed E-state index contributed by atoms with van der Waals surface area (Å²) < 4.78 is 25.8. The molecule has 0 radical (unpaired) electrons. The first-order chi connectivity index (χ1) is 7.50. The van der Waals surface area contributed by atoms with E-state index in [1.807, 2.05) is 0 Å². The molecule has 2 aromatic rings. The van der Waals surface area contributed by atoms with Crippen molar-refractivity contribution in [3.05, 3.63) is 45.8 Å². The molecule has 0 atom stereocenters. The van der Waals surface area contributed by atoms with E-state index in [4.69, 9.17) is 5.73 Å². The van der Waals surface area contributed by atoms with Gasteiger partial charge in [0.2, 0.25) is 5.43 Å². The van der Waals surface area contributed by atoms with Crippen LogP contribution in [0.4, 0.5) is 8.78 Å². The van der Waals surface area contributed by atoms with Crippen LogP contribution in [0.3, 0.4) is 0 Å². The van der Waals surface area contributed by atoms with Crippen LogP contribution >= 0.6 is 0 Å². The van der Waals surface area contributed by atoms with E-state index in [9.17, 15) is 18.4 Å². The largest absolute Gasteiger partial charge is 0.365 e. The number of pyridine rings is 1. The Morgan fingerprint density at radius 2 is 1.88 bits per heavy atom. The van der Waals surface area contributed by atoms with Gasteiger partial charge < -0.3 is 10.7 Å². The molecule has 2 rings (SSSR count). The first-order valence-electron chi connectivity index (χ1n) is 4.31. The predicted octanol–water partition coefficient (Wildman–Crippen LogP) is 0.905. The standard InChI is InChI=1S/C10H6F2N2O2/c11-6-1-4-8(2-7(6)12)14-3-5(9(4)15)10(13)16/h1-3H,(H2,13,16)(H,14,15). The summed E-state index contributed by atoms with van der Waals surface area (Å²) in [4.78, 5) is 25.0. The molecule has 3 N–H and O–H groups in total. The van der Waals surface area contributed by atoms with Crippen LogP contribution in [0, 0.1) is 11.6 Å². The van der Waals surface area contributed by atoms with Crippen LogP contribution in [0.5, 0.6) is 0 Å². The van der Waals surface area contributed by atoms with Crippen molar-refractivity contribution in [3.63, 3.8) is 0 Å². The number of rotatable bonds is 1. The van der Waals surface area contributed by atoms with E-state index in [1.54, 1.807) is 0 Å². The van der Waals surface area contributed by atoms with Crippen molar-refractivity contribution in [1.82, 2.24) is 4.98 Å². The molecule has 4 nitrogen and oxygen atoms in total. The number of nitrogens with two attached hydrogens (primary N) is 1. The monoisotopic (exact) mass is 224 g/mol. The zero-order chi connectivity index (χ0) is 11.9. The first-order valence-corrected chi connectivity index (χ1v) is 4.31. The number of hydrogen-bond acceptors (Lipinski definition) is 2. The normalized spacial score (nSPS) is 10.6. The highest BCUT2D eigenvalue weighted by molar-refractivity contribution is 5.95. The quantitative estimate of drug-likeness (QED) is 0.755. The Hall–Kier alpha value is -2.24. The van der Waals surface area contributed by atoms with E-state index in [-0.39, 0.29) is 16.5 Å². The Morgan fingerprint density at radius 3 is 2.50 bits per heavy atom. The number of carbonyl (C=O) groups is 1. The number of nitrogens with one attached hydrogen (secondary N) is 1. The third-order valence-corrected chi connectivity index (χ3v) is 2.19. The highest BCUT2D eigenvalue weighted by atomic mass is 19.2. The second kappa shape index (κ2) is 3.41. The van der Waals surface area contributed by atoms with Gasteiger partial charge in [0.05, 0.1) is 5.52 Å². The van der Waals surface area contributed by atoms with Crippen LogP contribution < -0.4 is 11.2 Å². The second-order valence-corrected chi connectivity index (χ2v) is 3.21. The molecule has 0 spiro atoms. The topological polar surface area (TPSA) is 76.0 Å². The highest BCUT2D eigenvalue weighted by Crippen LogP contribution is 2.13. The van der Waals surface area contributed by atoms with Crippen LogP contribution in [0.25, 0.3) is 10.9 Å². The minimum Gasteiger partial charge on any atom is -0.365 e. The van der Waals surface area contributed by atoms with Crippen molar-refractivity contribution in [2.45, 2.75) is 0 Å². The molecule has 0 aliphatic heterocycles. The van der Waals surface area contributed by atoms with Gasteiger partial charge in [0.1, 0.15) is 5.56 Å². The number of primary amides is 1. The summed E-state index contributed by atoms with van der Waals surface area (Å²) >= 11 is 0. The summed E-state index contributed by atoms with van der Waals surface area (Å²) in [6.07, 6.45) is 1.07. The summed E-state index contributed by atoms with van der Waals surface area (Å²) in [5.74, 6) is -3.15. The van der Waals surface area contributed by atoms with E-state index in [1.165, 1.54) is 0 Å². The maximum atomic E-state index is 12.9. The van der Waals surface area contributed by atoms with Crippen molar-refractivity contribution in [3.8, 4) is 0 Å². The van der Waals surface area contributed by atoms with E-state index in [2.05, 4.69) is 4.98 Å². The fourth-order valence-corrected chi connectivity index (χ4v) is 1.40. The molecular formula is C10H6F2N2O2. The molecule has 0 unspecified atom stereocenters. The third kappa shape index (κ3) is 1.44. The fourth-order valence-electron chi connectivity index (χ4n) is 1.40. The summed E-state index contributed by atoms with van der Waals surface area (Å²) in [5.41, 5.74) is 4.04. The van der Waals surface area contributed by atoms with Gasteiger partial charge in [-0.05, 0) is 6.07 Å². The average Bonchev–Trinajstić information content (AvgIpc) is 2.21. The van der Waals surface area contributed by atoms with E-state index >= 15 is 0 Å². The lowest BCUT2D eigenvalue weighted by Gasteiger charge is -2.01. The Bertz CT molecular complexity index is 649. The lowest BCUT2D eigenvalue weighted by atomic mass is 10.1. The number of hydrogen-bond donors (Lipinski definition) is 2. The van der Waals surface area contributed by atoms with Crippen LogP contribution in [0.1, 0.15) is 10.4 Å². The third-order valence-electron chi connectivity index (χ3n) is 2.19. The van der Waals surface area contributed by atoms with Crippen molar-refractivity contribution in [1.29, 1.82) is 0 Å². The maximum Gasteiger partial charge on any atom is 0.254 e. The van der Waals surface area contributed by atoms with Crippen LogP contribution in [0.15, 0.2) is 23.1 Å². The number of benzene rings is 1. The van der Waals surface area contributed by atoms with Gasteiger partial charge in [-0.15, -0.1) is 0 Å². The number of amides is 1. The Balaban J connectivity index is 2.90. The molecule has 1 aromatic carbocycles. The molecule has 0 aliphatic rings. The molecule has 0 saturated heterocycles. The van der Waals surface area contributed by atoms with Crippen LogP contribution in [0.2, 0.25) is 0 Å². The Morgan fingerprint density at radius 1 is 1.25 bits per heavy atom. The van der Waals surface area contributed by atoms with Gasteiger partial charge in [0.25, 0.3) is 5.91 Å². The van der Waals surface area contributed by atoms with Gasteiger partial charge >= 0.3 is 0 Å². The minimum atomic E-state index is -1.15. The highest BCUT2D eigenvalue weighted by Gasteiger charge is 2.12. The average molecular weight is 224 g/mol. The number of H-pyrrole nitrogens is 1. The molecular weight excluding hydrogens is 218 g/mol. The SMILES string of the molecule is NC(=O)c1c[nH]c2cc(F)c(F)cc2c1=O. The molecule has 1 amide bonds. The van der Waals surface area contributed by atoms with Gasteiger partial charge in [-0.3, -0.25) is 9.59 Å². The maximum absolute atomic E-state index is 12.9. The molecule has 1 heterocycles. The Labute approximate surface area is 87.7 Å².